The van der Waals surface area contributed by atoms with Crippen LogP contribution >= 0.6 is 0 Å². The molecule has 0 aliphatic rings. The third-order valence-electron chi connectivity index (χ3n) is 2.48. The van der Waals surface area contributed by atoms with Crippen molar-refractivity contribution in [2.45, 2.75) is 27.2 Å². The maximum atomic E-state index is 14.0. The first-order valence-electron chi connectivity index (χ1n) is 5.96. The van der Waals surface area contributed by atoms with Crippen LogP contribution in [-0.2, 0) is 0 Å². The van der Waals surface area contributed by atoms with Gasteiger partial charge in [0.1, 0.15) is 6.33 Å². The monoisotopic (exact) mass is 253 g/mol. The van der Waals surface area contributed by atoms with Crippen LogP contribution in [0.1, 0.15) is 26.0 Å². The van der Waals surface area contributed by atoms with Gasteiger partial charge in [-0.1, -0.05) is 13.8 Å². The molecule has 1 aromatic rings. The fourth-order valence-electron chi connectivity index (χ4n) is 1.65. The zero-order chi connectivity index (χ0) is 13.7. The van der Waals surface area contributed by atoms with Crippen LogP contribution in [0.25, 0.3) is 0 Å². The van der Waals surface area contributed by atoms with E-state index in [1.165, 1.54) is 6.33 Å². The lowest BCUT2D eigenvalue weighted by Crippen LogP contribution is -2.32. The highest BCUT2D eigenvalue weighted by Gasteiger charge is 2.16. The van der Waals surface area contributed by atoms with E-state index >= 15 is 0 Å². The van der Waals surface area contributed by atoms with E-state index in [9.17, 15) is 4.39 Å². The number of aryl methyl sites for hydroxylation is 1. The second-order valence-corrected chi connectivity index (χ2v) is 4.71. The van der Waals surface area contributed by atoms with Gasteiger partial charge in [0.25, 0.3) is 0 Å². The minimum Gasteiger partial charge on any atom is -0.388 e. The van der Waals surface area contributed by atoms with Crippen molar-refractivity contribution in [3.63, 3.8) is 0 Å². The average Bonchev–Trinajstić information content (AvgIpc) is 2.27. The van der Waals surface area contributed by atoms with Crippen molar-refractivity contribution in [3.8, 4) is 0 Å². The molecular formula is C12H20FN5. The number of rotatable bonds is 6. The lowest BCUT2D eigenvalue weighted by Gasteiger charge is -2.25. The smallest absolute Gasteiger partial charge is 0.186 e. The second-order valence-electron chi connectivity index (χ2n) is 4.71. The molecule has 5 nitrogen and oxygen atoms in total. The Morgan fingerprint density at radius 2 is 2.17 bits per heavy atom. The maximum Gasteiger partial charge on any atom is 0.186 e. The van der Waals surface area contributed by atoms with Gasteiger partial charge in [0.05, 0.1) is 11.5 Å². The van der Waals surface area contributed by atoms with Gasteiger partial charge in [-0.25, -0.2) is 14.4 Å². The van der Waals surface area contributed by atoms with Crippen LogP contribution in [-0.4, -0.2) is 28.9 Å². The van der Waals surface area contributed by atoms with Crippen LogP contribution in [0.2, 0.25) is 0 Å². The van der Waals surface area contributed by atoms with E-state index in [1.807, 2.05) is 18.7 Å². The molecule has 1 heterocycles. The largest absolute Gasteiger partial charge is 0.388 e. The van der Waals surface area contributed by atoms with Crippen molar-refractivity contribution in [2.24, 2.45) is 11.7 Å². The summed E-state index contributed by atoms with van der Waals surface area (Å²) in [7, 11) is 0. The molecule has 0 spiro atoms. The number of aromatic nitrogens is 2. The van der Waals surface area contributed by atoms with Gasteiger partial charge in [-0.2, -0.15) is 0 Å². The van der Waals surface area contributed by atoms with Crippen LogP contribution in [0.3, 0.4) is 0 Å². The van der Waals surface area contributed by atoms with Crippen LogP contribution < -0.4 is 10.6 Å². The minimum absolute atomic E-state index is 0.0925. The Balaban J connectivity index is 2.93. The van der Waals surface area contributed by atoms with Crippen molar-refractivity contribution in [3.05, 3.63) is 17.8 Å². The highest BCUT2D eigenvalue weighted by Crippen LogP contribution is 2.18. The quantitative estimate of drug-likeness (QED) is 0.597. The standard InChI is InChI=1S/C12H20FN5/c1-8(2)6-18(5-4-10(14)15)12-11(13)9(3)16-7-17-12/h7-8H,4-6H2,1-3H3,(H3,14,15). The summed E-state index contributed by atoms with van der Waals surface area (Å²) in [6.07, 6.45) is 1.75. The van der Waals surface area contributed by atoms with E-state index in [4.69, 9.17) is 11.1 Å². The van der Waals surface area contributed by atoms with Gasteiger partial charge in [-0.3, -0.25) is 5.41 Å². The van der Waals surface area contributed by atoms with E-state index in [1.54, 1.807) is 6.92 Å². The van der Waals surface area contributed by atoms with Crippen molar-refractivity contribution in [1.29, 1.82) is 5.41 Å². The Morgan fingerprint density at radius 3 is 2.72 bits per heavy atom. The Hall–Kier alpha value is -1.72. The normalized spacial score (nSPS) is 10.7. The van der Waals surface area contributed by atoms with Crippen LogP contribution in [0.5, 0.6) is 0 Å². The lowest BCUT2D eigenvalue weighted by atomic mass is 10.2. The summed E-state index contributed by atoms with van der Waals surface area (Å²) in [6.45, 7) is 6.86. The third kappa shape index (κ3) is 3.94. The number of nitrogens with zero attached hydrogens (tertiary/aromatic N) is 3. The van der Waals surface area contributed by atoms with Gasteiger partial charge in [-0.15, -0.1) is 0 Å². The first-order chi connectivity index (χ1) is 8.41. The van der Waals surface area contributed by atoms with Gasteiger partial charge in [0, 0.05) is 19.5 Å². The van der Waals surface area contributed by atoms with Crippen molar-refractivity contribution >= 4 is 11.7 Å². The first-order valence-corrected chi connectivity index (χ1v) is 5.96. The molecule has 0 saturated heterocycles. The predicted molar refractivity (Wildman–Crippen MR) is 70.3 cm³/mol. The minimum atomic E-state index is -0.401. The summed E-state index contributed by atoms with van der Waals surface area (Å²) >= 11 is 0. The second kappa shape index (κ2) is 6.28. The molecular weight excluding hydrogens is 233 g/mol. The molecule has 0 amide bonds. The van der Waals surface area contributed by atoms with Gasteiger partial charge >= 0.3 is 0 Å². The van der Waals surface area contributed by atoms with Crippen LogP contribution in [0, 0.1) is 24.1 Å². The number of amidine groups is 1. The number of hydrogen-bond donors (Lipinski definition) is 2. The zero-order valence-electron chi connectivity index (χ0n) is 11.1. The summed E-state index contributed by atoms with van der Waals surface area (Å²) in [5.41, 5.74) is 5.68. The molecule has 0 aliphatic heterocycles. The summed E-state index contributed by atoms with van der Waals surface area (Å²) in [4.78, 5) is 9.63. The van der Waals surface area contributed by atoms with E-state index < -0.39 is 5.82 Å². The van der Waals surface area contributed by atoms with E-state index in [0.717, 1.165) is 0 Å². The predicted octanol–water partition coefficient (Wildman–Crippen LogP) is 1.71. The Bertz CT molecular complexity index is 419. The number of hydrogen-bond acceptors (Lipinski definition) is 4. The van der Waals surface area contributed by atoms with Crippen molar-refractivity contribution in [1.82, 2.24) is 9.97 Å². The van der Waals surface area contributed by atoms with Gasteiger partial charge in [-0.05, 0) is 12.8 Å². The van der Waals surface area contributed by atoms with Gasteiger partial charge < -0.3 is 10.6 Å². The molecule has 3 N–H and O–H groups in total. The molecule has 0 saturated carbocycles. The van der Waals surface area contributed by atoms with Crippen molar-refractivity contribution in [2.75, 3.05) is 18.0 Å². The molecule has 6 heteroatoms. The number of anilines is 1. The number of nitrogens with two attached hydrogens (primary N) is 1. The van der Waals surface area contributed by atoms with E-state index in [-0.39, 0.29) is 11.7 Å². The maximum absolute atomic E-state index is 14.0. The highest BCUT2D eigenvalue weighted by molar-refractivity contribution is 5.77. The van der Waals surface area contributed by atoms with Crippen molar-refractivity contribution < 1.29 is 4.39 Å². The summed E-state index contributed by atoms with van der Waals surface area (Å²) in [5.74, 6) is 0.348. The molecule has 100 valence electrons. The first kappa shape index (κ1) is 14.3. The van der Waals surface area contributed by atoms with E-state index in [0.29, 0.717) is 31.1 Å². The SMILES string of the molecule is Cc1ncnc(N(CCC(=N)N)CC(C)C)c1F. The van der Waals surface area contributed by atoms with E-state index in [2.05, 4.69) is 9.97 Å². The van der Waals surface area contributed by atoms with Crippen LogP contribution in [0.15, 0.2) is 6.33 Å². The molecule has 1 rings (SSSR count). The Morgan fingerprint density at radius 1 is 1.50 bits per heavy atom. The molecule has 0 atom stereocenters. The fraction of sp³-hybridized carbons (Fsp3) is 0.583. The Kier molecular flexibility index (Phi) is 5.00. The van der Waals surface area contributed by atoms with Gasteiger partial charge in [0.2, 0.25) is 0 Å². The third-order valence-corrected chi connectivity index (χ3v) is 2.48. The molecule has 0 unspecified atom stereocenters. The zero-order valence-corrected chi connectivity index (χ0v) is 11.1. The topological polar surface area (TPSA) is 78.9 Å². The van der Waals surface area contributed by atoms with Gasteiger partial charge in [0.15, 0.2) is 11.6 Å². The summed E-state index contributed by atoms with van der Waals surface area (Å²) < 4.78 is 14.0. The molecule has 0 aliphatic carbocycles. The number of nitrogens with one attached hydrogen (secondary N) is 1. The molecule has 0 aromatic carbocycles. The van der Waals surface area contributed by atoms with Crippen LogP contribution in [0.4, 0.5) is 10.2 Å². The summed E-state index contributed by atoms with van der Waals surface area (Å²) in [6, 6.07) is 0. The molecule has 18 heavy (non-hydrogen) atoms. The molecule has 0 bridgehead atoms. The highest BCUT2D eigenvalue weighted by atomic mass is 19.1. The number of halogens is 1. The average molecular weight is 253 g/mol. The fourth-order valence-corrected chi connectivity index (χ4v) is 1.65. The molecule has 0 fully saturated rings. The lowest BCUT2D eigenvalue weighted by molar-refractivity contribution is 0.564. The molecule has 0 radical (unpaired) electrons. The summed E-state index contributed by atoms with van der Waals surface area (Å²) in [5, 5.41) is 7.25. The Labute approximate surface area is 107 Å². The molecule has 1 aromatic heterocycles.